The van der Waals surface area contributed by atoms with Crippen LogP contribution < -0.4 is 10.6 Å². The van der Waals surface area contributed by atoms with E-state index in [2.05, 4.69) is 10.6 Å². The largest absolute Gasteiger partial charge is 0.461 e. The van der Waals surface area contributed by atoms with Crippen LogP contribution in [0.2, 0.25) is 5.02 Å². The van der Waals surface area contributed by atoms with Gasteiger partial charge in [-0.15, -0.1) is 0 Å². The minimum atomic E-state index is -0.777. The van der Waals surface area contributed by atoms with Gasteiger partial charge in [0.2, 0.25) is 5.91 Å². The van der Waals surface area contributed by atoms with Crippen LogP contribution in [0.4, 0.5) is 0 Å². The molecule has 3 aromatic rings. The second-order valence-corrected chi connectivity index (χ2v) is 10.3. The molecule has 0 saturated carbocycles. The first-order valence-corrected chi connectivity index (χ1v) is 14.5. The standard InChI is InChI=1S/C35H34ClN3O4/c1-25-31(35(41)43-21-10-19-37)32(28-16-8-17-29(36)23-28)33(34(40)38-20-9-15-26-11-4-2-5-12-26)30(39-25)24-42-22-18-27-13-6-3-7-14-27/h2-9,11-17,23,32,39H,10,18,20-22,24H2,1H3,(H,38,40)/b15-9+. The number of carbonyl (C=O) groups is 2. The highest BCUT2D eigenvalue weighted by Gasteiger charge is 2.38. The van der Waals surface area contributed by atoms with Crippen molar-refractivity contribution >= 4 is 29.6 Å². The Bertz CT molecular complexity index is 1540. The van der Waals surface area contributed by atoms with Crippen LogP contribution in [0.15, 0.2) is 114 Å². The predicted molar refractivity (Wildman–Crippen MR) is 168 cm³/mol. The van der Waals surface area contributed by atoms with E-state index in [9.17, 15) is 9.59 Å². The third-order valence-corrected chi connectivity index (χ3v) is 7.09. The Balaban J connectivity index is 1.65. The summed E-state index contributed by atoms with van der Waals surface area (Å²) in [7, 11) is 0. The molecule has 43 heavy (non-hydrogen) atoms. The summed E-state index contributed by atoms with van der Waals surface area (Å²) in [5.41, 5.74) is 4.52. The van der Waals surface area contributed by atoms with Crippen LogP contribution in [-0.4, -0.2) is 38.2 Å². The summed E-state index contributed by atoms with van der Waals surface area (Å²) in [6.45, 7) is 2.55. The molecule has 4 rings (SSSR count). The molecule has 2 N–H and O–H groups in total. The second kappa shape index (κ2) is 16.1. The van der Waals surface area contributed by atoms with Gasteiger partial charge in [0.15, 0.2) is 0 Å². The number of ether oxygens (including phenoxy) is 2. The van der Waals surface area contributed by atoms with Crippen molar-refractivity contribution < 1.29 is 19.1 Å². The molecule has 0 radical (unpaired) electrons. The van der Waals surface area contributed by atoms with E-state index in [1.165, 1.54) is 0 Å². The number of amides is 1. The van der Waals surface area contributed by atoms with Gasteiger partial charge in [-0.25, -0.2) is 4.79 Å². The monoisotopic (exact) mass is 595 g/mol. The third-order valence-electron chi connectivity index (χ3n) is 6.85. The molecule has 7 nitrogen and oxygen atoms in total. The average Bonchev–Trinajstić information content (AvgIpc) is 3.02. The van der Waals surface area contributed by atoms with Crippen LogP contribution in [0, 0.1) is 11.3 Å². The van der Waals surface area contributed by atoms with Crippen molar-refractivity contribution in [3.05, 3.63) is 135 Å². The molecule has 1 heterocycles. The van der Waals surface area contributed by atoms with Gasteiger partial charge in [0.25, 0.3) is 0 Å². The first-order chi connectivity index (χ1) is 21.0. The van der Waals surface area contributed by atoms with E-state index in [0.717, 1.165) is 11.1 Å². The summed E-state index contributed by atoms with van der Waals surface area (Å²) in [5.74, 6) is -1.74. The van der Waals surface area contributed by atoms with E-state index in [0.29, 0.717) is 40.6 Å². The topological polar surface area (TPSA) is 100 Å². The third kappa shape index (κ3) is 8.92. The van der Waals surface area contributed by atoms with Crippen molar-refractivity contribution in [3.63, 3.8) is 0 Å². The van der Waals surface area contributed by atoms with Crippen LogP contribution >= 0.6 is 11.6 Å². The molecule has 1 unspecified atom stereocenters. The van der Waals surface area contributed by atoms with E-state index in [1.54, 1.807) is 25.1 Å². The van der Waals surface area contributed by atoms with Crippen LogP contribution in [0.5, 0.6) is 0 Å². The number of benzene rings is 3. The number of nitrogens with one attached hydrogen (secondary N) is 2. The average molecular weight is 596 g/mol. The van der Waals surface area contributed by atoms with Gasteiger partial charge in [-0.3, -0.25) is 4.79 Å². The fourth-order valence-electron chi connectivity index (χ4n) is 4.85. The lowest BCUT2D eigenvalue weighted by molar-refractivity contribution is -0.139. The molecule has 1 aliphatic heterocycles. The van der Waals surface area contributed by atoms with Crippen molar-refractivity contribution in [2.75, 3.05) is 26.4 Å². The Morgan fingerprint density at radius 2 is 1.74 bits per heavy atom. The normalized spacial score (nSPS) is 14.8. The number of hydrogen-bond donors (Lipinski definition) is 2. The Hall–Kier alpha value is -4.64. The lowest BCUT2D eigenvalue weighted by Gasteiger charge is -2.32. The molecule has 0 bridgehead atoms. The molecule has 1 aliphatic rings. The molecule has 0 aliphatic carbocycles. The Labute approximate surface area is 257 Å². The summed E-state index contributed by atoms with van der Waals surface area (Å²) < 4.78 is 11.5. The highest BCUT2D eigenvalue weighted by molar-refractivity contribution is 6.30. The summed E-state index contributed by atoms with van der Waals surface area (Å²) in [4.78, 5) is 27.3. The predicted octanol–water partition coefficient (Wildman–Crippen LogP) is 6.10. The molecule has 220 valence electrons. The van der Waals surface area contributed by atoms with Crippen LogP contribution in [0.3, 0.4) is 0 Å². The smallest absolute Gasteiger partial charge is 0.336 e. The molecule has 1 amide bonds. The molecule has 0 aromatic heterocycles. The van der Waals surface area contributed by atoms with Gasteiger partial charge in [-0.05, 0) is 42.2 Å². The van der Waals surface area contributed by atoms with Crippen LogP contribution in [0.25, 0.3) is 6.08 Å². The van der Waals surface area contributed by atoms with Crippen molar-refractivity contribution in [1.82, 2.24) is 10.6 Å². The number of halogens is 1. The van der Waals surface area contributed by atoms with Crippen molar-refractivity contribution in [2.45, 2.75) is 25.7 Å². The van der Waals surface area contributed by atoms with E-state index < -0.39 is 11.9 Å². The summed E-state index contributed by atoms with van der Waals surface area (Å²) in [5, 5.41) is 15.6. The number of carbonyl (C=O) groups excluding carboxylic acids is 2. The molecule has 1 atom stereocenters. The molecule has 8 heteroatoms. The minimum Gasteiger partial charge on any atom is -0.461 e. The Morgan fingerprint density at radius 3 is 2.47 bits per heavy atom. The molecular weight excluding hydrogens is 562 g/mol. The lowest BCUT2D eigenvalue weighted by Crippen LogP contribution is -2.38. The lowest BCUT2D eigenvalue weighted by atomic mass is 9.80. The fourth-order valence-corrected chi connectivity index (χ4v) is 5.05. The summed E-state index contributed by atoms with van der Waals surface area (Å²) in [6, 6.07) is 28.9. The highest BCUT2D eigenvalue weighted by atomic mass is 35.5. The maximum absolute atomic E-state index is 13.9. The first kappa shape index (κ1) is 31.3. The quantitative estimate of drug-likeness (QED) is 0.183. The van der Waals surface area contributed by atoms with Gasteiger partial charge in [0, 0.05) is 17.3 Å². The maximum Gasteiger partial charge on any atom is 0.336 e. The van der Waals surface area contributed by atoms with E-state index in [4.69, 9.17) is 26.3 Å². The Kier molecular flexibility index (Phi) is 11.7. The second-order valence-electron chi connectivity index (χ2n) is 9.90. The number of nitrogens with zero attached hydrogens (tertiary/aromatic N) is 1. The van der Waals surface area contributed by atoms with Crippen molar-refractivity contribution in [3.8, 4) is 6.07 Å². The van der Waals surface area contributed by atoms with Gasteiger partial charge in [0.1, 0.15) is 6.61 Å². The number of esters is 1. The van der Waals surface area contributed by atoms with Gasteiger partial charge in [-0.1, -0.05) is 96.5 Å². The van der Waals surface area contributed by atoms with E-state index in [-0.39, 0.29) is 37.7 Å². The summed E-state index contributed by atoms with van der Waals surface area (Å²) in [6.07, 6.45) is 4.57. The number of hydrogen-bond acceptors (Lipinski definition) is 6. The van der Waals surface area contributed by atoms with E-state index in [1.807, 2.05) is 85.0 Å². The SMILES string of the molecule is CC1=C(C(=O)OCCC#N)C(c2cccc(Cl)c2)C(C(=O)NC/C=C/c2ccccc2)=C(COCCc2ccccc2)N1. The fraction of sp³-hybridized carbons (Fsp3) is 0.229. The number of dihydropyridines is 1. The van der Waals surface area contributed by atoms with Gasteiger partial charge < -0.3 is 20.1 Å². The zero-order valence-electron chi connectivity index (χ0n) is 24.0. The van der Waals surface area contributed by atoms with Gasteiger partial charge in [0.05, 0.1) is 48.5 Å². The molecule has 0 saturated heterocycles. The highest BCUT2D eigenvalue weighted by Crippen LogP contribution is 2.39. The minimum absolute atomic E-state index is 0.0562. The van der Waals surface area contributed by atoms with Crippen molar-refractivity contribution in [1.29, 1.82) is 5.26 Å². The van der Waals surface area contributed by atoms with Gasteiger partial charge >= 0.3 is 5.97 Å². The Morgan fingerprint density at radius 1 is 1.00 bits per heavy atom. The number of rotatable bonds is 13. The maximum atomic E-state index is 13.9. The number of allylic oxidation sites excluding steroid dienone is 1. The first-order valence-electron chi connectivity index (χ1n) is 14.1. The molecule has 0 spiro atoms. The molecular formula is C35H34ClN3O4. The van der Waals surface area contributed by atoms with Gasteiger partial charge in [-0.2, -0.15) is 5.26 Å². The zero-order chi connectivity index (χ0) is 30.4. The molecule has 3 aromatic carbocycles. The zero-order valence-corrected chi connectivity index (χ0v) is 24.8. The van der Waals surface area contributed by atoms with Crippen LogP contribution in [-0.2, 0) is 25.5 Å². The number of nitriles is 1. The molecule has 0 fully saturated rings. The van der Waals surface area contributed by atoms with Crippen LogP contribution in [0.1, 0.15) is 36.0 Å². The van der Waals surface area contributed by atoms with Crippen molar-refractivity contribution in [2.24, 2.45) is 0 Å². The van der Waals surface area contributed by atoms with E-state index >= 15 is 0 Å². The summed E-state index contributed by atoms with van der Waals surface area (Å²) >= 11 is 6.38.